The monoisotopic (exact) mass is 441 g/mol. The van der Waals surface area contributed by atoms with Crippen molar-refractivity contribution in [1.29, 1.82) is 0 Å². The normalized spacial score (nSPS) is 11.2. The second-order valence-electron chi connectivity index (χ2n) is 7.81. The number of aryl methyl sites for hydroxylation is 3. The lowest BCUT2D eigenvalue weighted by atomic mass is 10.1. The first-order chi connectivity index (χ1) is 16.0. The van der Waals surface area contributed by atoms with Crippen molar-refractivity contribution in [3.8, 4) is 11.3 Å². The maximum absolute atomic E-state index is 12.9. The number of rotatable bonds is 6. The van der Waals surface area contributed by atoms with E-state index < -0.39 is 0 Å². The molecule has 166 valence electrons. The van der Waals surface area contributed by atoms with Crippen LogP contribution in [-0.2, 0) is 13.1 Å². The van der Waals surface area contributed by atoms with Gasteiger partial charge in [0.05, 0.1) is 24.1 Å². The molecule has 0 bridgehead atoms. The molecule has 4 aromatic heterocycles. The van der Waals surface area contributed by atoms with Crippen molar-refractivity contribution in [1.82, 2.24) is 39.1 Å². The number of fused-ring (bicyclic) bond motifs is 1. The number of carbonyl (C=O) groups excluding carboxylic acids is 1. The van der Waals surface area contributed by atoms with Gasteiger partial charge in [-0.15, -0.1) is 5.10 Å². The molecule has 0 saturated carbocycles. The van der Waals surface area contributed by atoms with Crippen LogP contribution < -0.4 is 5.32 Å². The highest BCUT2D eigenvalue weighted by Crippen LogP contribution is 2.24. The summed E-state index contributed by atoms with van der Waals surface area (Å²) >= 11 is 0. The van der Waals surface area contributed by atoms with Crippen molar-refractivity contribution in [3.63, 3.8) is 0 Å². The molecule has 1 N–H and O–H groups in total. The maximum atomic E-state index is 12.9. The Morgan fingerprint density at radius 2 is 1.85 bits per heavy atom. The van der Waals surface area contributed by atoms with Gasteiger partial charge in [0.2, 0.25) is 5.95 Å². The quantitative estimate of drug-likeness (QED) is 0.434. The van der Waals surface area contributed by atoms with Gasteiger partial charge in [-0.2, -0.15) is 10.2 Å². The summed E-state index contributed by atoms with van der Waals surface area (Å²) in [5.74, 6) is -0.147. The molecule has 10 heteroatoms. The molecule has 0 aliphatic heterocycles. The first-order valence-corrected chi connectivity index (χ1v) is 10.7. The first-order valence-electron chi connectivity index (χ1n) is 10.7. The molecule has 1 aromatic carbocycles. The van der Waals surface area contributed by atoms with E-state index in [1.165, 1.54) is 11.8 Å². The molecular formula is C23H23N9O. The Kier molecular flexibility index (Phi) is 5.17. The molecule has 10 nitrogen and oxygen atoms in total. The van der Waals surface area contributed by atoms with E-state index in [2.05, 4.69) is 42.7 Å². The lowest BCUT2D eigenvalue weighted by molar-refractivity contribution is 0.102. The van der Waals surface area contributed by atoms with Crippen LogP contribution in [0.25, 0.3) is 16.9 Å². The van der Waals surface area contributed by atoms with Crippen molar-refractivity contribution in [2.75, 3.05) is 5.32 Å². The number of carbonyl (C=O) groups is 1. The van der Waals surface area contributed by atoms with E-state index in [9.17, 15) is 4.79 Å². The highest BCUT2D eigenvalue weighted by Gasteiger charge is 2.19. The number of anilines is 1. The summed E-state index contributed by atoms with van der Waals surface area (Å²) in [6, 6.07) is 10.1. The molecule has 0 atom stereocenters. The Balaban J connectivity index is 1.38. The number of hydrogen-bond acceptors (Lipinski definition) is 6. The number of nitrogens with zero attached hydrogens (tertiary/aromatic N) is 8. The van der Waals surface area contributed by atoms with Gasteiger partial charge in [-0.3, -0.25) is 14.8 Å². The largest absolute Gasteiger partial charge is 0.289 e. The van der Waals surface area contributed by atoms with E-state index in [0.29, 0.717) is 17.8 Å². The third-order valence-corrected chi connectivity index (χ3v) is 5.42. The van der Waals surface area contributed by atoms with Gasteiger partial charge in [0.1, 0.15) is 11.9 Å². The molecule has 0 radical (unpaired) electrons. The van der Waals surface area contributed by atoms with Gasteiger partial charge >= 0.3 is 0 Å². The third kappa shape index (κ3) is 3.98. The molecule has 0 saturated heterocycles. The minimum atomic E-state index is -0.372. The Morgan fingerprint density at radius 3 is 2.61 bits per heavy atom. The molecule has 0 unspecified atom stereocenters. The fourth-order valence-electron chi connectivity index (χ4n) is 3.66. The molecule has 0 spiro atoms. The predicted octanol–water partition coefficient (Wildman–Crippen LogP) is 3.12. The Bertz CT molecular complexity index is 1440. The molecule has 0 aliphatic rings. The maximum Gasteiger partial charge on any atom is 0.263 e. The third-order valence-electron chi connectivity index (χ3n) is 5.42. The summed E-state index contributed by atoms with van der Waals surface area (Å²) in [7, 11) is 0. The second kappa shape index (κ2) is 8.30. The van der Waals surface area contributed by atoms with Crippen LogP contribution in [0.1, 0.15) is 34.1 Å². The van der Waals surface area contributed by atoms with E-state index in [1.807, 2.05) is 49.8 Å². The Labute approximate surface area is 189 Å². The molecule has 0 fully saturated rings. The molecule has 33 heavy (non-hydrogen) atoms. The molecule has 5 rings (SSSR count). The molecule has 5 aromatic rings. The van der Waals surface area contributed by atoms with Gasteiger partial charge in [0.25, 0.3) is 5.91 Å². The standard InChI is InChI=1S/C23H23N9O/c1-4-30-13-19(16(3)28-30)20-9-10-24-21-18(11-26-32(20)21)22(33)27-23-25-14-31(29-23)12-17-7-5-15(2)6-8-17/h5-11,13-14H,4,12H2,1-3H3,(H,27,29,33). The van der Waals surface area contributed by atoms with Crippen LogP contribution >= 0.6 is 0 Å². The number of amides is 1. The molecule has 4 heterocycles. The zero-order valence-electron chi connectivity index (χ0n) is 18.6. The van der Waals surface area contributed by atoms with Gasteiger partial charge < -0.3 is 0 Å². The van der Waals surface area contributed by atoms with Crippen LogP contribution in [0.4, 0.5) is 5.95 Å². The average Bonchev–Trinajstić information content (AvgIpc) is 3.53. The van der Waals surface area contributed by atoms with Crippen molar-refractivity contribution in [2.24, 2.45) is 0 Å². The van der Waals surface area contributed by atoms with Crippen LogP contribution in [0.3, 0.4) is 0 Å². The smallest absolute Gasteiger partial charge is 0.263 e. The van der Waals surface area contributed by atoms with E-state index in [-0.39, 0.29) is 11.9 Å². The van der Waals surface area contributed by atoms with Gasteiger partial charge in [0, 0.05) is 24.5 Å². The number of nitrogens with one attached hydrogen (secondary N) is 1. The highest BCUT2D eigenvalue weighted by molar-refractivity contribution is 6.07. The van der Waals surface area contributed by atoms with Crippen molar-refractivity contribution < 1.29 is 4.79 Å². The fourth-order valence-corrected chi connectivity index (χ4v) is 3.66. The van der Waals surface area contributed by atoms with Crippen LogP contribution in [0, 0.1) is 13.8 Å². The summed E-state index contributed by atoms with van der Waals surface area (Å²) < 4.78 is 5.20. The van der Waals surface area contributed by atoms with Crippen molar-refractivity contribution in [2.45, 2.75) is 33.9 Å². The number of hydrogen-bond donors (Lipinski definition) is 1. The topological polar surface area (TPSA) is 108 Å². The highest BCUT2D eigenvalue weighted by atomic mass is 16.1. The van der Waals surface area contributed by atoms with Gasteiger partial charge in [0.15, 0.2) is 5.65 Å². The summed E-state index contributed by atoms with van der Waals surface area (Å²) in [4.78, 5) is 21.5. The molecule has 1 amide bonds. The van der Waals surface area contributed by atoms with Gasteiger partial charge in [-0.25, -0.2) is 19.2 Å². The van der Waals surface area contributed by atoms with E-state index >= 15 is 0 Å². The average molecular weight is 441 g/mol. The second-order valence-corrected chi connectivity index (χ2v) is 7.81. The van der Waals surface area contributed by atoms with Crippen LogP contribution in [0.15, 0.2) is 55.2 Å². The minimum Gasteiger partial charge on any atom is -0.289 e. The summed E-state index contributed by atoms with van der Waals surface area (Å²) in [5.41, 5.74) is 5.73. The van der Waals surface area contributed by atoms with Gasteiger partial charge in [-0.1, -0.05) is 29.8 Å². The Hall–Kier alpha value is -4.34. The van der Waals surface area contributed by atoms with Crippen molar-refractivity contribution in [3.05, 3.63) is 77.6 Å². The Morgan fingerprint density at radius 1 is 1.03 bits per heavy atom. The predicted molar refractivity (Wildman–Crippen MR) is 123 cm³/mol. The zero-order valence-corrected chi connectivity index (χ0v) is 18.6. The minimum absolute atomic E-state index is 0.225. The van der Waals surface area contributed by atoms with E-state index in [4.69, 9.17) is 0 Å². The zero-order chi connectivity index (χ0) is 22.9. The molecule has 0 aliphatic carbocycles. The van der Waals surface area contributed by atoms with Crippen molar-refractivity contribution >= 4 is 17.5 Å². The van der Waals surface area contributed by atoms with Crippen LogP contribution in [0.2, 0.25) is 0 Å². The lowest BCUT2D eigenvalue weighted by Crippen LogP contribution is -2.14. The number of aromatic nitrogens is 8. The van der Waals surface area contributed by atoms with Gasteiger partial charge in [-0.05, 0) is 32.4 Å². The summed E-state index contributed by atoms with van der Waals surface area (Å²) in [6.45, 7) is 7.36. The summed E-state index contributed by atoms with van der Waals surface area (Å²) in [5, 5.41) is 16.0. The van der Waals surface area contributed by atoms with E-state index in [1.54, 1.807) is 21.7 Å². The fraction of sp³-hybridized carbons (Fsp3) is 0.217. The summed E-state index contributed by atoms with van der Waals surface area (Å²) in [6.07, 6.45) is 6.73. The van der Waals surface area contributed by atoms with E-state index in [0.717, 1.165) is 29.1 Å². The van der Waals surface area contributed by atoms with Crippen LogP contribution in [0.5, 0.6) is 0 Å². The van der Waals surface area contributed by atoms with Crippen LogP contribution in [-0.4, -0.2) is 45.1 Å². The molecular weight excluding hydrogens is 418 g/mol. The SMILES string of the molecule is CCn1cc(-c2ccnc3c(C(=O)Nc4ncn(Cc5ccc(C)cc5)n4)cnn23)c(C)n1. The lowest BCUT2D eigenvalue weighted by Gasteiger charge is -2.04. The first kappa shape index (κ1) is 20.6. The number of benzene rings is 1.